The first-order valence-corrected chi connectivity index (χ1v) is 9.62. The average Bonchev–Trinajstić information content (AvgIpc) is 3.37. The van der Waals surface area contributed by atoms with Crippen LogP contribution in [0.5, 0.6) is 0 Å². The van der Waals surface area contributed by atoms with Crippen molar-refractivity contribution in [3.05, 3.63) is 23.0 Å². The molecule has 0 bridgehead atoms. The van der Waals surface area contributed by atoms with Gasteiger partial charge in [-0.15, -0.1) is 0 Å². The van der Waals surface area contributed by atoms with Gasteiger partial charge in [0.1, 0.15) is 12.0 Å². The molecule has 4 N–H and O–H groups in total. The van der Waals surface area contributed by atoms with Crippen molar-refractivity contribution < 1.29 is 13.5 Å². The molecule has 0 unspecified atom stereocenters. The van der Waals surface area contributed by atoms with E-state index >= 15 is 4.39 Å². The smallest absolute Gasteiger partial charge is 0.147 e. The molecule has 0 radical (unpaired) electrons. The lowest BCUT2D eigenvalue weighted by molar-refractivity contribution is 0.138. The summed E-state index contributed by atoms with van der Waals surface area (Å²) >= 11 is 0. The molecule has 2 fully saturated rings. The van der Waals surface area contributed by atoms with E-state index in [1.165, 1.54) is 0 Å². The highest BCUT2D eigenvalue weighted by atomic mass is 19.1. The van der Waals surface area contributed by atoms with Crippen molar-refractivity contribution in [3.8, 4) is 0 Å². The Morgan fingerprint density at radius 3 is 2.70 bits per heavy atom. The zero-order chi connectivity index (χ0) is 19.3. The lowest BCUT2D eigenvalue weighted by Crippen LogP contribution is -2.47. The number of alkyl halides is 1. The molecule has 1 aromatic carbocycles. The molecule has 6 nitrogen and oxygen atoms in total. The molecule has 1 saturated heterocycles. The Balaban J connectivity index is 1.67. The van der Waals surface area contributed by atoms with Crippen LogP contribution in [0.1, 0.15) is 24.0 Å². The Bertz CT molecular complexity index is 714. The van der Waals surface area contributed by atoms with E-state index < -0.39 is 12.2 Å². The summed E-state index contributed by atoms with van der Waals surface area (Å²) in [5, 5.41) is 1.71. The van der Waals surface area contributed by atoms with Crippen LogP contribution in [0.3, 0.4) is 0 Å². The van der Waals surface area contributed by atoms with Gasteiger partial charge in [-0.3, -0.25) is 5.84 Å². The van der Waals surface area contributed by atoms with Crippen LogP contribution in [0.25, 0.3) is 0 Å². The van der Waals surface area contributed by atoms with E-state index in [-0.39, 0.29) is 18.3 Å². The third-order valence-electron chi connectivity index (χ3n) is 6.04. The Kier molecular flexibility index (Phi) is 5.00. The largest absolute Gasteiger partial charge is 0.383 e. The van der Waals surface area contributed by atoms with Crippen LogP contribution in [0.2, 0.25) is 0 Å². The second-order valence-corrected chi connectivity index (χ2v) is 8.13. The first-order chi connectivity index (χ1) is 12.9. The number of hydrogen-bond donors (Lipinski definition) is 2. The van der Waals surface area contributed by atoms with Crippen molar-refractivity contribution in [2.45, 2.75) is 44.6 Å². The number of nitrogens with zero attached hydrogens (tertiary/aromatic N) is 3. The summed E-state index contributed by atoms with van der Waals surface area (Å²) in [6.07, 6.45) is 1.16. The van der Waals surface area contributed by atoms with E-state index in [9.17, 15) is 4.39 Å². The average molecular weight is 381 g/mol. The van der Waals surface area contributed by atoms with Crippen LogP contribution in [-0.2, 0) is 11.3 Å². The summed E-state index contributed by atoms with van der Waals surface area (Å²) in [4.78, 5) is 4.09. The number of hydrazine groups is 1. The van der Waals surface area contributed by atoms with E-state index in [2.05, 4.69) is 4.90 Å². The van der Waals surface area contributed by atoms with Crippen LogP contribution in [0, 0.1) is 18.7 Å². The number of fused-ring (bicyclic) bond motifs is 1. The molecule has 2 heterocycles. The molecule has 0 spiro atoms. The lowest BCUT2D eigenvalue weighted by Gasteiger charge is -2.39. The topological polar surface area (TPSA) is 71.0 Å². The van der Waals surface area contributed by atoms with E-state index in [0.29, 0.717) is 38.1 Å². The number of hydrogen-bond acceptors (Lipinski definition) is 6. The fourth-order valence-corrected chi connectivity index (χ4v) is 4.64. The zero-order valence-electron chi connectivity index (χ0n) is 16.0. The maximum absolute atomic E-state index is 15.1. The Labute approximate surface area is 159 Å². The van der Waals surface area contributed by atoms with Gasteiger partial charge >= 0.3 is 0 Å². The van der Waals surface area contributed by atoms with Gasteiger partial charge in [0.05, 0.1) is 19.0 Å². The van der Waals surface area contributed by atoms with Crippen LogP contribution >= 0.6 is 0 Å². The van der Waals surface area contributed by atoms with Crippen molar-refractivity contribution in [3.63, 3.8) is 0 Å². The maximum atomic E-state index is 15.1. The summed E-state index contributed by atoms with van der Waals surface area (Å²) in [6.45, 7) is 3.95. The van der Waals surface area contributed by atoms with Crippen molar-refractivity contribution >= 4 is 11.4 Å². The quantitative estimate of drug-likeness (QED) is 0.754. The molecule has 1 aliphatic carbocycles. The summed E-state index contributed by atoms with van der Waals surface area (Å²) in [6, 6.07) is 1.63. The molecule has 1 saturated carbocycles. The van der Waals surface area contributed by atoms with Crippen LogP contribution in [-0.4, -0.2) is 56.7 Å². The van der Waals surface area contributed by atoms with E-state index in [4.69, 9.17) is 16.3 Å². The van der Waals surface area contributed by atoms with Gasteiger partial charge in [0, 0.05) is 50.4 Å². The second-order valence-electron chi connectivity index (χ2n) is 8.13. The number of nitrogens with two attached hydrogens (primary N) is 2. The summed E-state index contributed by atoms with van der Waals surface area (Å²) in [5.41, 5.74) is 9.42. The highest BCUT2D eigenvalue weighted by Gasteiger charge is 2.40. The first-order valence-electron chi connectivity index (χ1n) is 9.62. The minimum absolute atomic E-state index is 0.158. The molecule has 0 aromatic heterocycles. The normalized spacial score (nSPS) is 27.2. The highest BCUT2D eigenvalue weighted by molar-refractivity contribution is 5.73. The standard InChI is InChI=1S/C19H29F2N5O/c1-11-18-12(6-25(23)10-26(18)13-3-4-13)5-15(20)19(11)24-7-14(16(21)8-24)17(22)9-27-2/h5,13-14,16-17H,3-4,6-10,22-23H2,1-2H3/t14-,16-,17+/m0/s1. The Hall–Kier alpha value is -1.48. The van der Waals surface area contributed by atoms with E-state index in [1.807, 2.05) is 11.8 Å². The number of methoxy groups -OCH3 is 1. The van der Waals surface area contributed by atoms with Gasteiger partial charge in [-0.2, -0.15) is 0 Å². The van der Waals surface area contributed by atoms with E-state index in [1.54, 1.807) is 18.2 Å². The number of benzene rings is 1. The zero-order valence-corrected chi connectivity index (χ0v) is 16.0. The van der Waals surface area contributed by atoms with Crippen molar-refractivity contribution in [2.24, 2.45) is 17.5 Å². The molecule has 150 valence electrons. The van der Waals surface area contributed by atoms with Crippen LogP contribution in [0.15, 0.2) is 6.07 Å². The Morgan fingerprint density at radius 2 is 2.04 bits per heavy atom. The molecular formula is C19H29F2N5O. The van der Waals surface area contributed by atoms with Crippen molar-refractivity contribution in [1.82, 2.24) is 5.01 Å². The number of ether oxygens (including phenoxy) is 1. The van der Waals surface area contributed by atoms with Gasteiger partial charge in [-0.25, -0.2) is 13.8 Å². The van der Waals surface area contributed by atoms with Gasteiger partial charge in [-0.1, -0.05) is 0 Å². The molecular weight excluding hydrogens is 352 g/mol. The molecule has 8 heteroatoms. The molecule has 3 aliphatic rings. The fourth-order valence-electron chi connectivity index (χ4n) is 4.64. The predicted octanol–water partition coefficient (Wildman–Crippen LogP) is 1.50. The third kappa shape index (κ3) is 3.40. The summed E-state index contributed by atoms with van der Waals surface area (Å²) in [5.74, 6) is 5.37. The van der Waals surface area contributed by atoms with Gasteiger partial charge in [0.2, 0.25) is 0 Å². The van der Waals surface area contributed by atoms with E-state index in [0.717, 1.165) is 29.7 Å². The van der Waals surface area contributed by atoms with Crippen molar-refractivity contribution in [2.75, 3.05) is 43.3 Å². The first kappa shape index (κ1) is 18.9. The third-order valence-corrected chi connectivity index (χ3v) is 6.04. The number of halogens is 2. The molecule has 27 heavy (non-hydrogen) atoms. The fraction of sp³-hybridized carbons (Fsp3) is 0.684. The van der Waals surface area contributed by atoms with Gasteiger partial charge < -0.3 is 20.3 Å². The maximum Gasteiger partial charge on any atom is 0.147 e. The summed E-state index contributed by atoms with van der Waals surface area (Å²) in [7, 11) is 1.56. The lowest BCUT2D eigenvalue weighted by atomic mass is 9.99. The Morgan fingerprint density at radius 1 is 1.30 bits per heavy atom. The molecule has 2 aliphatic heterocycles. The molecule has 0 amide bonds. The van der Waals surface area contributed by atoms with Gasteiger partial charge in [-0.05, 0) is 37.0 Å². The summed E-state index contributed by atoms with van der Waals surface area (Å²) < 4.78 is 34.8. The highest BCUT2D eigenvalue weighted by Crippen LogP contribution is 2.44. The van der Waals surface area contributed by atoms with Gasteiger partial charge in [0.15, 0.2) is 0 Å². The molecule has 4 rings (SSSR count). The van der Waals surface area contributed by atoms with Crippen molar-refractivity contribution in [1.29, 1.82) is 0 Å². The minimum atomic E-state index is -1.09. The van der Waals surface area contributed by atoms with Gasteiger partial charge in [0.25, 0.3) is 0 Å². The molecule has 1 aromatic rings. The SMILES string of the molecule is COC[C@@H](N)[C@H]1CN(c2c(F)cc3c(c2C)N(C2CC2)CN(N)C3)C[C@@H]1F. The second kappa shape index (κ2) is 7.16. The minimum Gasteiger partial charge on any atom is -0.383 e. The predicted molar refractivity (Wildman–Crippen MR) is 102 cm³/mol. The monoisotopic (exact) mass is 381 g/mol. The van der Waals surface area contributed by atoms with Crippen LogP contribution in [0.4, 0.5) is 20.2 Å². The molecule has 3 atom stereocenters. The number of rotatable bonds is 5. The number of anilines is 2. The van der Waals surface area contributed by atoms with Crippen LogP contribution < -0.4 is 21.4 Å².